The molecule has 0 aliphatic carbocycles. The average molecular weight is 271 g/mol. The van der Waals surface area contributed by atoms with E-state index < -0.39 is 0 Å². The van der Waals surface area contributed by atoms with E-state index in [0.717, 1.165) is 23.1 Å². The molecule has 106 valence electrons. The Balaban J connectivity index is 2.24. The summed E-state index contributed by atoms with van der Waals surface area (Å²) in [6.45, 7) is 10.4. The average Bonchev–Trinajstić information content (AvgIpc) is 2.78. The Morgan fingerprint density at radius 2 is 2.05 bits per heavy atom. The third kappa shape index (κ3) is 3.41. The fourth-order valence-electron chi connectivity index (χ4n) is 1.94. The van der Waals surface area contributed by atoms with E-state index in [4.69, 9.17) is 4.74 Å². The smallest absolute Gasteiger partial charge is 0.207 e. The van der Waals surface area contributed by atoms with E-state index in [1.165, 1.54) is 0 Å². The zero-order valence-corrected chi connectivity index (χ0v) is 12.3. The first-order chi connectivity index (χ1) is 9.60. The maximum Gasteiger partial charge on any atom is 0.207 e. The zero-order chi connectivity index (χ0) is 14.5. The Hall–Kier alpha value is -2.23. The van der Waals surface area contributed by atoms with E-state index in [1.807, 2.05) is 61.9 Å². The molecule has 0 unspecified atom stereocenters. The molecule has 0 atom stereocenters. The van der Waals surface area contributed by atoms with Gasteiger partial charge in [-0.3, -0.25) is 4.57 Å². The molecule has 0 spiro atoms. The Bertz CT molecular complexity index is 570. The quantitative estimate of drug-likeness (QED) is 0.816. The van der Waals surface area contributed by atoms with E-state index in [-0.39, 0.29) is 6.10 Å². The lowest BCUT2D eigenvalue weighted by molar-refractivity contribution is 0.242. The van der Waals surface area contributed by atoms with Gasteiger partial charge in [0, 0.05) is 18.4 Å². The van der Waals surface area contributed by atoms with Crippen LogP contribution in [0.3, 0.4) is 0 Å². The Labute approximate surface area is 120 Å². The van der Waals surface area contributed by atoms with Crippen molar-refractivity contribution in [3.63, 3.8) is 0 Å². The highest BCUT2D eigenvalue weighted by Gasteiger charge is 2.07. The summed E-state index contributed by atoms with van der Waals surface area (Å²) < 4.78 is 7.68. The van der Waals surface area contributed by atoms with Crippen LogP contribution in [0.5, 0.6) is 5.75 Å². The maximum atomic E-state index is 5.65. The first-order valence-electron chi connectivity index (χ1n) is 6.78. The van der Waals surface area contributed by atoms with E-state index in [2.05, 4.69) is 16.9 Å². The van der Waals surface area contributed by atoms with Gasteiger partial charge in [0.25, 0.3) is 0 Å². The molecule has 2 aromatic rings. The Kier molecular flexibility index (Phi) is 4.45. The monoisotopic (exact) mass is 271 g/mol. The molecule has 0 fully saturated rings. The molecule has 0 saturated heterocycles. The number of ether oxygens (including phenoxy) is 1. The van der Waals surface area contributed by atoms with Crippen LogP contribution in [-0.2, 0) is 0 Å². The van der Waals surface area contributed by atoms with Crippen LogP contribution >= 0.6 is 0 Å². The summed E-state index contributed by atoms with van der Waals surface area (Å²) in [7, 11) is 0. The normalized spacial score (nSPS) is 10.6. The van der Waals surface area contributed by atoms with Crippen LogP contribution in [0, 0.1) is 6.92 Å². The lowest BCUT2D eigenvalue weighted by Gasteiger charge is -2.12. The summed E-state index contributed by atoms with van der Waals surface area (Å²) in [5.74, 6) is 1.70. The number of hydrogen-bond donors (Lipinski definition) is 1. The maximum absolute atomic E-state index is 5.65. The number of nitrogens with one attached hydrogen (secondary N) is 1. The van der Waals surface area contributed by atoms with Gasteiger partial charge in [-0.15, -0.1) is 6.58 Å². The van der Waals surface area contributed by atoms with Gasteiger partial charge >= 0.3 is 0 Å². The predicted octanol–water partition coefficient (Wildman–Crippen LogP) is 3.57. The number of hydrogen-bond acceptors (Lipinski definition) is 3. The van der Waals surface area contributed by atoms with Crippen molar-refractivity contribution in [2.75, 3.05) is 11.9 Å². The highest BCUT2D eigenvalue weighted by molar-refractivity contribution is 5.45. The first kappa shape index (κ1) is 14.2. The van der Waals surface area contributed by atoms with Crippen molar-refractivity contribution >= 4 is 5.95 Å². The summed E-state index contributed by atoms with van der Waals surface area (Å²) in [5.41, 5.74) is 2.02. The minimum absolute atomic E-state index is 0.182. The SMILES string of the molecule is C=CCNc1nc(C)cn1-c1ccc(OC(C)C)cc1. The summed E-state index contributed by atoms with van der Waals surface area (Å²) >= 11 is 0. The molecule has 20 heavy (non-hydrogen) atoms. The topological polar surface area (TPSA) is 39.1 Å². The molecule has 1 heterocycles. The number of rotatable bonds is 6. The number of benzene rings is 1. The van der Waals surface area contributed by atoms with Gasteiger partial charge in [0.1, 0.15) is 5.75 Å². The van der Waals surface area contributed by atoms with E-state index in [9.17, 15) is 0 Å². The molecular formula is C16H21N3O. The molecule has 1 N–H and O–H groups in total. The van der Waals surface area contributed by atoms with Gasteiger partial charge in [0.2, 0.25) is 5.95 Å². The minimum atomic E-state index is 0.182. The molecule has 2 rings (SSSR count). The lowest BCUT2D eigenvalue weighted by atomic mass is 10.3. The van der Waals surface area contributed by atoms with Gasteiger partial charge in [-0.25, -0.2) is 4.98 Å². The van der Waals surface area contributed by atoms with Crippen LogP contribution in [0.4, 0.5) is 5.95 Å². The number of imidazole rings is 1. The van der Waals surface area contributed by atoms with Gasteiger partial charge in [-0.1, -0.05) is 6.08 Å². The Morgan fingerprint density at radius 1 is 1.35 bits per heavy atom. The van der Waals surface area contributed by atoms with Crippen LogP contribution in [0.1, 0.15) is 19.5 Å². The van der Waals surface area contributed by atoms with Gasteiger partial charge < -0.3 is 10.1 Å². The van der Waals surface area contributed by atoms with Crippen molar-refractivity contribution in [3.8, 4) is 11.4 Å². The summed E-state index contributed by atoms with van der Waals surface area (Å²) in [4.78, 5) is 4.47. The standard InChI is InChI=1S/C16H21N3O/c1-5-10-17-16-18-13(4)11-19(16)14-6-8-15(9-7-14)20-12(2)3/h5-9,11-12H,1,10H2,2-4H3,(H,17,18). The predicted molar refractivity (Wildman–Crippen MR) is 82.8 cm³/mol. The molecule has 4 heteroatoms. The van der Waals surface area contributed by atoms with Crippen LogP contribution in [0.15, 0.2) is 43.1 Å². The van der Waals surface area contributed by atoms with Crippen LogP contribution in [0.2, 0.25) is 0 Å². The molecular weight excluding hydrogens is 250 g/mol. The molecule has 0 bridgehead atoms. The van der Waals surface area contributed by atoms with Crippen LogP contribution in [-0.4, -0.2) is 22.2 Å². The number of aromatic nitrogens is 2. The summed E-state index contributed by atoms with van der Waals surface area (Å²) in [6, 6.07) is 8.00. The van der Waals surface area contributed by atoms with E-state index in [1.54, 1.807) is 0 Å². The van der Waals surface area contributed by atoms with Crippen molar-refractivity contribution in [2.45, 2.75) is 26.9 Å². The van der Waals surface area contributed by atoms with Gasteiger partial charge in [-0.05, 0) is 45.0 Å². The second-order valence-corrected chi connectivity index (χ2v) is 4.91. The molecule has 4 nitrogen and oxygen atoms in total. The second-order valence-electron chi connectivity index (χ2n) is 4.91. The molecule has 0 amide bonds. The highest BCUT2D eigenvalue weighted by atomic mass is 16.5. The molecule has 0 radical (unpaired) electrons. The number of anilines is 1. The van der Waals surface area contributed by atoms with Gasteiger partial charge in [0.05, 0.1) is 11.8 Å². The van der Waals surface area contributed by atoms with Crippen molar-refractivity contribution < 1.29 is 4.74 Å². The van der Waals surface area contributed by atoms with E-state index >= 15 is 0 Å². The second kappa shape index (κ2) is 6.28. The third-order valence-electron chi connectivity index (χ3n) is 2.72. The van der Waals surface area contributed by atoms with Crippen molar-refractivity contribution in [3.05, 3.63) is 48.8 Å². The van der Waals surface area contributed by atoms with Crippen LogP contribution < -0.4 is 10.1 Å². The molecule has 0 saturated carbocycles. The summed E-state index contributed by atoms with van der Waals surface area (Å²) in [5, 5.41) is 3.23. The first-order valence-corrected chi connectivity index (χ1v) is 6.78. The van der Waals surface area contributed by atoms with Gasteiger partial charge in [0.15, 0.2) is 0 Å². The number of nitrogens with zero attached hydrogens (tertiary/aromatic N) is 2. The molecule has 0 aliphatic rings. The number of aryl methyl sites for hydroxylation is 1. The van der Waals surface area contributed by atoms with Crippen molar-refractivity contribution in [2.24, 2.45) is 0 Å². The molecule has 0 aliphatic heterocycles. The summed E-state index contributed by atoms with van der Waals surface area (Å²) in [6.07, 6.45) is 4.00. The largest absolute Gasteiger partial charge is 0.491 e. The third-order valence-corrected chi connectivity index (χ3v) is 2.72. The lowest BCUT2D eigenvalue weighted by Crippen LogP contribution is -2.07. The fourth-order valence-corrected chi connectivity index (χ4v) is 1.94. The van der Waals surface area contributed by atoms with Crippen molar-refractivity contribution in [1.82, 2.24) is 9.55 Å². The Morgan fingerprint density at radius 3 is 2.65 bits per heavy atom. The van der Waals surface area contributed by atoms with Gasteiger partial charge in [-0.2, -0.15) is 0 Å². The minimum Gasteiger partial charge on any atom is -0.491 e. The zero-order valence-electron chi connectivity index (χ0n) is 12.3. The molecule has 1 aromatic carbocycles. The van der Waals surface area contributed by atoms with Crippen LogP contribution in [0.25, 0.3) is 5.69 Å². The fraction of sp³-hybridized carbons (Fsp3) is 0.312. The molecule has 1 aromatic heterocycles. The van der Waals surface area contributed by atoms with Crippen molar-refractivity contribution in [1.29, 1.82) is 0 Å². The van der Waals surface area contributed by atoms with E-state index in [0.29, 0.717) is 6.54 Å². The highest BCUT2D eigenvalue weighted by Crippen LogP contribution is 2.20.